The number of piperidine rings is 1. The van der Waals surface area contributed by atoms with Crippen molar-refractivity contribution in [1.82, 2.24) is 15.0 Å². The second-order valence-electron chi connectivity index (χ2n) is 6.17. The average molecular weight is 253 g/mol. The molecule has 0 aromatic carbocycles. The maximum atomic E-state index is 9.70. The molecular formula is C13H23N3O2. The van der Waals surface area contributed by atoms with Crippen LogP contribution in [-0.4, -0.2) is 39.3 Å². The zero-order chi connectivity index (χ0) is 13.3. The zero-order valence-electron chi connectivity index (χ0n) is 11.7. The molecule has 2 heterocycles. The van der Waals surface area contributed by atoms with E-state index in [1.54, 1.807) is 0 Å². The molecule has 18 heavy (non-hydrogen) atoms. The molecule has 5 nitrogen and oxygen atoms in total. The van der Waals surface area contributed by atoms with E-state index in [1.165, 1.54) is 0 Å². The first-order valence-electron chi connectivity index (χ1n) is 6.64. The summed E-state index contributed by atoms with van der Waals surface area (Å²) in [7, 11) is 0. The molecule has 2 atom stereocenters. The third-order valence-electron chi connectivity index (χ3n) is 3.45. The van der Waals surface area contributed by atoms with Crippen molar-refractivity contribution in [2.45, 2.75) is 58.1 Å². The van der Waals surface area contributed by atoms with Gasteiger partial charge in [-0.05, 0) is 26.3 Å². The molecule has 1 N–H and O–H groups in total. The minimum atomic E-state index is -0.230. The van der Waals surface area contributed by atoms with Gasteiger partial charge in [-0.3, -0.25) is 4.90 Å². The van der Waals surface area contributed by atoms with Crippen LogP contribution in [0, 0.1) is 0 Å². The molecule has 1 aliphatic heterocycles. The SMILES string of the molecule is CC(c1nc(C(C)(C)C)no1)N1CCCC(O)C1. The van der Waals surface area contributed by atoms with Gasteiger partial charge in [0.05, 0.1) is 12.1 Å². The maximum absolute atomic E-state index is 9.70. The molecule has 1 fully saturated rings. The monoisotopic (exact) mass is 253 g/mol. The Kier molecular flexibility index (Phi) is 3.73. The highest BCUT2D eigenvalue weighted by molar-refractivity contribution is 5.02. The lowest BCUT2D eigenvalue weighted by molar-refractivity contribution is 0.0422. The smallest absolute Gasteiger partial charge is 0.243 e. The second-order valence-corrected chi connectivity index (χ2v) is 6.17. The number of aliphatic hydroxyl groups excluding tert-OH is 1. The van der Waals surface area contributed by atoms with Crippen molar-refractivity contribution >= 4 is 0 Å². The molecule has 102 valence electrons. The van der Waals surface area contributed by atoms with E-state index in [4.69, 9.17) is 4.52 Å². The molecule has 5 heteroatoms. The number of hydrogen-bond acceptors (Lipinski definition) is 5. The summed E-state index contributed by atoms with van der Waals surface area (Å²) in [5, 5.41) is 13.7. The Balaban J connectivity index is 2.09. The molecule has 0 spiro atoms. The quantitative estimate of drug-likeness (QED) is 0.872. The summed E-state index contributed by atoms with van der Waals surface area (Å²) in [5.41, 5.74) is -0.0944. The third kappa shape index (κ3) is 2.90. The third-order valence-corrected chi connectivity index (χ3v) is 3.45. The van der Waals surface area contributed by atoms with Gasteiger partial charge in [-0.1, -0.05) is 25.9 Å². The molecular weight excluding hydrogens is 230 g/mol. The van der Waals surface area contributed by atoms with Crippen LogP contribution in [0.3, 0.4) is 0 Å². The molecule has 0 saturated carbocycles. The number of rotatable bonds is 2. The van der Waals surface area contributed by atoms with E-state index in [0.29, 0.717) is 12.4 Å². The lowest BCUT2D eigenvalue weighted by atomic mass is 9.96. The van der Waals surface area contributed by atoms with E-state index in [2.05, 4.69) is 42.7 Å². The topological polar surface area (TPSA) is 62.4 Å². The van der Waals surface area contributed by atoms with Gasteiger partial charge in [0.25, 0.3) is 0 Å². The highest BCUT2D eigenvalue weighted by Gasteiger charge is 2.28. The van der Waals surface area contributed by atoms with Crippen LogP contribution in [0.2, 0.25) is 0 Å². The molecule has 0 aliphatic carbocycles. The Labute approximate surface area is 108 Å². The van der Waals surface area contributed by atoms with E-state index in [1.807, 2.05) is 0 Å². The first kappa shape index (κ1) is 13.5. The Hall–Kier alpha value is -0.940. The van der Waals surface area contributed by atoms with Gasteiger partial charge in [-0.15, -0.1) is 0 Å². The Morgan fingerprint density at radius 3 is 2.72 bits per heavy atom. The Bertz CT molecular complexity index is 397. The number of aliphatic hydroxyl groups is 1. The summed E-state index contributed by atoms with van der Waals surface area (Å²) in [4.78, 5) is 6.68. The molecule has 0 radical (unpaired) electrons. The van der Waals surface area contributed by atoms with Crippen molar-refractivity contribution in [1.29, 1.82) is 0 Å². The number of aromatic nitrogens is 2. The first-order chi connectivity index (χ1) is 8.38. The normalized spacial score (nSPS) is 24.2. The van der Waals surface area contributed by atoms with E-state index < -0.39 is 0 Å². The highest BCUT2D eigenvalue weighted by atomic mass is 16.5. The van der Waals surface area contributed by atoms with E-state index >= 15 is 0 Å². The minimum Gasteiger partial charge on any atom is -0.392 e. The zero-order valence-corrected chi connectivity index (χ0v) is 11.7. The molecule has 1 aromatic rings. The molecule has 0 bridgehead atoms. The van der Waals surface area contributed by atoms with Crippen molar-refractivity contribution in [2.24, 2.45) is 0 Å². The molecule has 1 saturated heterocycles. The maximum Gasteiger partial charge on any atom is 0.243 e. The fraction of sp³-hybridized carbons (Fsp3) is 0.846. The van der Waals surface area contributed by atoms with Crippen LogP contribution in [0.4, 0.5) is 0 Å². The van der Waals surface area contributed by atoms with Gasteiger partial charge in [-0.2, -0.15) is 4.98 Å². The average Bonchev–Trinajstić information content (AvgIpc) is 2.77. The van der Waals surface area contributed by atoms with E-state index in [9.17, 15) is 5.11 Å². The van der Waals surface area contributed by atoms with Crippen LogP contribution < -0.4 is 0 Å². The number of nitrogens with zero attached hydrogens (tertiary/aromatic N) is 3. The van der Waals surface area contributed by atoms with E-state index in [0.717, 1.165) is 25.2 Å². The van der Waals surface area contributed by atoms with Crippen molar-refractivity contribution in [3.8, 4) is 0 Å². The van der Waals surface area contributed by atoms with Crippen molar-refractivity contribution in [3.63, 3.8) is 0 Å². The summed E-state index contributed by atoms with van der Waals surface area (Å²) in [5.74, 6) is 1.39. The van der Waals surface area contributed by atoms with Crippen LogP contribution in [-0.2, 0) is 5.41 Å². The summed E-state index contributed by atoms with van der Waals surface area (Å²) in [6, 6.07) is 0.0727. The summed E-state index contributed by atoms with van der Waals surface area (Å²) >= 11 is 0. The molecule has 1 aliphatic rings. The van der Waals surface area contributed by atoms with E-state index in [-0.39, 0.29) is 17.6 Å². The second kappa shape index (κ2) is 4.97. The first-order valence-corrected chi connectivity index (χ1v) is 6.64. The van der Waals surface area contributed by atoms with Gasteiger partial charge in [0.15, 0.2) is 5.82 Å². The summed E-state index contributed by atoms with van der Waals surface area (Å²) < 4.78 is 5.36. The van der Waals surface area contributed by atoms with Gasteiger partial charge in [-0.25, -0.2) is 0 Å². The number of hydrogen-bond donors (Lipinski definition) is 1. The predicted molar refractivity (Wildman–Crippen MR) is 68.2 cm³/mol. The van der Waals surface area contributed by atoms with Crippen molar-refractivity contribution < 1.29 is 9.63 Å². The van der Waals surface area contributed by atoms with Gasteiger partial charge < -0.3 is 9.63 Å². The minimum absolute atomic E-state index is 0.0727. The lowest BCUT2D eigenvalue weighted by Crippen LogP contribution is -2.39. The predicted octanol–water partition coefficient (Wildman–Crippen LogP) is 1.88. The van der Waals surface area contributed by atoms with Gasteiger partial charge in [0.2, 0.25) is 5.89 Å². The molecule has 2 rings (SSSR count). The Morgan fingerprint density at radius 2 is 2.17 bits per heavy atom. The van der Waals surface area contributed by atoms with Crippen LogP contribution in [0.5, 0.6) is 0 Å². The van der Waals surface area contributed by atoms with Gasteiger partial charge >= 0.3 is 0 Å². The fourth-order valence-corrected chi connectivity index (χ4v) is 2.20. The van der Waals surface area contributed by atoms with Gasteiger partial charge in [0.1, 0.15) is 0 Å². The largest absolute Gasteiger partial charge is 0.392 e. The van der Waals surface area contributed by atoms with Crippen LogP contribution >= 0.6 is 0 Å². The molecule has 0 amide bonds. The fourth-order valence-electron chi connectivity index (χ4n) is 2.20. The van der Waals surface area contributed by atoms with Crippen LogP contribution in [0.1, 0.15) is 58.3 Å². The molecule has 1 aromatic heterocycles. The van der Waals surface area contributed by atoms with Gasteiger partial charge in [0, 0.05) is 12.0 Å². The number of likely N-dealkylation sites (tertiary alicyclic amines) is 1. The Morgan fingerprint density at radius 1 is 1.44 bits per heavy atom. The number of β-amino-alcohol motifs (C(OH)–C–C–N with tert-alkyl or cyclic N) is 1. The van der Waals surface area contributed by atoms with Crippen LogP contribution in [0.15, 0.2) is 4.52 Å². The van der Waals surface area contributed by atoms with Crippen molar-refractivity contribution in [3.05, 3.63) is 11.7 Å². The summed E-state index contributed by atoms with van der Waals surface area (Å²) in [6.45, 7) is 9.92. The summed E-state index contributed by atoms with van der Waals surface area (Å²) in [6.07, 6.45) is 1.68. The standard InChI is InChI=1S/C13H23N3O2/c1-9(16-7-5-6-10(17)8-16)11-14-12(15-18-11)13(2,3)4/h9-10,17H,5-8H2,1-4H3. The van der Waals surface area contributed by atoms with Crippen LogP contribution in [0.25, 0.3) is 0 Å². The van der Waals surface area contributed by atoms with Crippen molar-refractivity contribution in [2.75, 3.05) is 13.1 Å². The lowest BCUT2D eigenvalue weighted by Gasteiger charge is -2.32. The highest BCUT2D eigenvalue weighted by Crippen LogP contribution is 2.25. The molecule has 2 unspecified atom stereocenters.